The summed E-state index contributed by atoms with van der Waals surface area (Å²) in [7, 11) is 4.67. The second-order valence-electron chi connectivity index (χ2n) is 4.70. The Morgan fingerprint density at radius 2 is 2.00 bits per heavy atom. The molecule has 0 unspecified atom stereocenters. The molecule has 0 aliphatic rings. The summed E-state index contributed by atoms with van der Waals surface area (Å²) in [4.78, 5) is 24.3. The molecule has 0 fully saturated rings. The Morgan fingerprint density at radius 3 is 2.57 bits per heavy atom. The van der Waals surface area contributed by atoms with E-state index < -0.39 is 5.97 Å². The summed E-state index contributed by atoms with van der Waals surface area (Å²) in [5.74, 6) is 0.00447. The van der Waals surface area contributed by atoms with Crippen molar-refractivity contribution >= 4 is 29.6 Å². The molecule has 0 aromatic heterocycles. The SMILES string of the molecule is CCOc1c(Cl)cc(/C=C/C(=O)OCC(=O)N(C)C)cc1OC. The van der Waals surface area contributed by atoms with Gasteiger partial charge in [0.25, 0.3) is 5.91 Å². The van der Waals surface area contributed by atoms with E-state index in [2.05, 4.69) is 0 Å². The summed E-state index contributed by atoms with van der Waals surface area (Å²) in [6, 6.07) is 3.33. The molecular formula is C16H20ClNO5. The molecular weight excluding hydrogens is 322 g/mol. The lowest BCUT2D eigenvalue weighted by molar-refractivity contribution is -0.146. The third kappa shape index (κ3) is 5.83. The Balaban J connectivity index is 2.78. The molecule has 1 aromatic rings. The predicted octanol–water partition coefficient (Wildman–Crippen LogP) is 2.39. The summed E-state index contributed by atoms with van der Waals surface area (Å²) in [5.41, 5.74) is 0.645. The molecule has 1 rings (SSSR count). The van der Waals surface area contributed by atoms with Crippen LogP contribution in [0.5, 0.6) is 11.5 Å². The van der Waals surface area contributed by atoms with Gasteiger partial charge in [0, 0.05) is 20.2 Å². The molecule has 0 spiro atoms. The average molecular weight is 342 g/mol. The fraction of sp³-hybridized carbons (Fsp3) is 0.375. The highest BCUT2D eigenvalue weighted by atomic mass is 35.5. The number of nitrogens with zero attached hydrogens (tertiary/aromatic N) is 1. The van der Waals surface area contributed by atoms with Crippen LogP contribution in [0.3, 0.4) is 0 Å². The zero-order chi connectivity index (χ0) is 17.4. The maximum atomic E-state index is 11.6. The second-order valence-corrected chi connectivity index (χ2v) is 5.10. The lowest BCUT2D eigenvalue weighted by atomic mass is 10.2. The van der Waals surface area contributed by atoms with Gasteiger partial charge in [0.05, 0.1) is 18.7 Å². The van der Waals surface area contributed by atoms with E-state index in [1.165, 1.54) is 24.2 Å². The number of ether oxygens (including phenoxy) is 3. The van der Waals surface area contributed by atoms with Crippen molar-refractivity contribution in [2.45, 2.75) is 6.92 Å². The quantitative estimate of drug-likeness (QED) is 0.563. The molecule has 0 bridgehead atoms. The zero-order valence-corrected chi connectivity index (χ0v) is 14.3. The third-order valence-corrected chi connectivity index (χ3v) is 3.07. The molecule has 23 heavy (non-hydrogen) atoms. The van der Waals surface area contributed by atoms with Gasteiger partial charge < -0.3 is 19.1 Å². The Bertz CT molecular complexity index is 598. The minimum atomic E-state index is -0.621. The summed E-state index contributed by atoms with van der Waals surface area (Å²) in [5, 5.41) is 0.377. The molecule has 1 aromatic carbocycles. The minimum absolute atomic E-state index is 0.294. The van der Waals surface area contributed by atoms with Gasteiger partial charge in [0.2, 0.25) is 0 Å². The largest absolute Gasteiger partial charge is 0.493 e. The van der Waals surface area contributed by atoms with Crippen molar-refractivity contribution in [1.82, 2.24) is 4.90 Å². The molecule has 0 saturated carbocycles. The van der Waals surface area contributed by atoms with Gasteiger partial charge in [-0.25, -0.2) is 4.79 Å². The van der Waals surface area contributed by atoms with E-state index in [9.17, 15) is 9.59 Å². The maximum absolute atomic E-state index is 11.6. The van der Waals surface area contributed by atoms with Gasteiger partial charge in [0.15, 0.2) is 18.1 Å². The van der Waals surface area contributed by atoms with Gasteiger partial charge in [-0.3, -0.25) is 4.79 Å². The van der Waals surface area contributed by atoms with Crippen LogP contribution in [0.1, 0.15) is 12.5 Å². The van der Waals surface area contributed by atoms with E-state index >= 15 is 0 Å². The summed E-state index contributed by atoms with van der Waals surface area (Å²) in [6.45, 7) is 2.00. The highest BCUT2D eigenvalue weighted by Crippen LogP contribution is 2.36. The first-order chi connectivity index (χ1) is 10.9. The molecule has 1 amide bonds. The van der Waals surface area contributed by atoms with E-state index in [1.807, 2.05) is 6.92 Å². The number of carbonyl (C=O) groups excluding carboxylic acids is 2. The molecule has 0 radical (unpaired) electrons. The lowest BCUT2D eigenvalue weighted by Gasteiger charge is -2.12. The van der Waals surface area contributed by atoms with Crippen molar-refractivity contribution in [3.8, 4) is 11.5 Å². The van der Waals surface area contributed by atoms with Gasteiger partial charge in [-0.2, -0.15) is 0 Å². The van der Waals surface area contributed by atoms with Crippen molar-refractivity contribution in [2.75, 3.05) is 34.4 Å². The van der Waals surface area contributed by atoms with Gasteiger partial charge in [-0.15, -0.1) is 0 Å². The van der Waals surface area contributed by atoms with E-state index in [0.717, 1.165) is 0 Å². The number of likely N-dealkylation sites (N-methyl/N-ethyl adjacent to an activating group) is 1. The Hall–Kier alpha value is -2.21. The number of carbonyl (C=O) groups is 2. The van der Waals surface area contributed by atoms with Crippen molar-refractivity contribution in [3.05, 3.63) is 28.8 Å². The Morgan fingerprint density at radius 1 is 1.30 bits per heavy atom. The predicted molar refractivity (Wildman–Crippen MR) is 87.9 cm³/mol. The number of rotatable bonds is 7. The normalized spacial score (nSPS) is 10.5. The van der Waals surface area contributed by atoms with E-state index in [0.29, 0.717) is 28.7 Å². The van der Waals surface area contributed by atoms with Crippen molar-refractivity contribution in [3.63, 3.8) is 0 Å². The molecule has 0 N–H and O–H groups in total. The topological polar surface area (TPSA) is 65.1 Å². The van der Waals surface area contributed by atoms with Crippen LogP contribution < -0.4 is 9.47 Å². The highest BCUT2D eigenvalue weighted by Gasteiger charge is 2.11. The first-order valence-corrected chi connectivity index (χ1v) is 7.32. The average Bonchev–Trinajstić information content (AvgIpc) is 2.52. The minimum Gasteiger partial charge on any atom is -0.493 e. The van der Waals surface area contributed by atoms with Crippen molar-refractivity contribution < 1.29 is 23.8 Å². The number of halogens is 1. The van der Waals surface area contributed by atoms with Crippen LogP contribution in [-0.4, -0.2) is 51.2 Å². The van der Waals surface area contributed by atoms with Crippen LogP contribution in [0.15, 0.2) is 18.2 Å². The molecule has 6 nitrogen and oxygen atoms in total. The van der Waals surface area contributed by atoms with Crippen LogP contribution in [0, 0.1) is 0 Å². The highest BCUT2D eigenvalue weighted by molar-refractivity contribution is 6.32. The fourth-order valence-corrected chi connectivity index (χ4v) is 1.87. The molecule has 126 valence electrons. The first-order valence-electron chi connectivity index (χ1n) is 6.94. The maximum Gasteiger partial charge on any atom is 0.331 e. The van der Waals surface area contributed by atoms with E-state index in [1.54, 1.807) is 26.2 Å². The fourth-order valence-electron chi connectivity index (χ4n) is 1.59. The standard InChI is InChI=1S/C16H20ClNO5/c1-5-22-16-12(17)8-11(9-13(16)21-4)6-7-15(20)23-10-14(19)18(2)3/h6-9H,5,10H2,1-4H3/b7-6+. The summed E-state index contributed by atoms with van der Waals surface area (Å²) < 4.78 is 15.5. The number of esters is 1. The van der Waals surface area contributed by atoms with Crippen LogP contribution in [-0.2, 0) is 14.3 Å². The summed E-state index contributed by atoms with van der Waals surface area (Å²) in [6.07, 6.45) is 2.74. The van der Waals surface area contributed by atoms with Crippen LogP contribution in [0.25, 0.3) is 6.08 Å². The zero-order valence-electron chi connectivity index (χ0n) is 13.6. The lowest BCUT2D eigenvalue weighted by Crippen LogP contribution is -2.27. The molecule has 0 saturated heterocycles. The molecule has 7 heteroatoms. The number of hydrogen-bond donors (Lipinski definition) is 0. The van der Waals surface area contributed by atoms with Gasteiger partial charge >= 0.3 is 5.97 Å². The monoisotopic (exact) mass is 341 g/mol. The van der Waals surface area contributed by atoms with Crippen LogP contribution in [0.4, 0.5) is 0 Å². The van der Waals surface area contributed by atoms with Gasteiger partial charge in [0.1, 0.15) is 0 Å². The second kappa shape index (κ2) is 9.05. The molecule has 0 atom stereocenters. The third-order valence-electron chi connectivity index (χ3n) is 2.79. The van der Waals surface area contributed by atoms with Gasteiger partial charge in [-0.1, -0.05) is 11.6 Å². The molecule has 0 aliphatic carbocycles. The van der Waals surface area contributed by atoms with Crippen molar-refractivity contribution in [2.24, 2.45) is 0 Å². The van der Waals surface area contributed by atoms with E-state index in [4.69, 9.17) is 25.8 Å². The number of hydrogen-bond acceptors (Lipinski definition) is 5. The smallest absolute Gasteiger partial charge is 0.331 e. The molecule has 0 aliphatic heterocycles. The number of benzene rings is 1. The first kappa shape index (κ1) is 18.8. The number of amides is 1. The van der Waals surface area contributed by atoms with Crippen LogP contribution in [0.2, 0.25) is 5.02 Å². The number of methoxy groups -OCH3 is 1. The van der Waals surface area contributed by atoms with Crippen molar-refractivity contribution in [1.29, 1.82) is 0 Å². The van der Waals surface area contributed by atoms with Crippen LogP contribution >= 0.6 is 11.6 Å². The molecule has 0 heterocycles. The van der Waals surface area contributed by atoms with E-state index in [-0.39, 0.29) is 12.5 Å². The Labute approximate surface area is 140 Å². The Kier molecular flexibility index (Phi) is 7.41. The summed E-state index contributed by atoms with van der Waals surface area (Å²) >= 11 is 6.14. The van der Waals surface area contributed by atoms with Gasteiger partial charge in [-0.05, 0) is 30.7 Å².